The third kappa shape index (κ3) is 10.2. The molecule has 11 heteroatoms. The third-order valence-electron chi connectivity index (χ3n) is 3.28. The van der Waals surface area contributed by atoms with Gasteiger partial charge >= 0.3 is 6.09 Å². The maximum Gasteiger partial charge on any atom is 0.409 e. The van der Waals surface area contributed by atoms with Crippen LogP contribution in [-0.2, 0) is 24.0 Å². The molecule has 0 aliphatic carbocycles. The Balaban J connectivity index is 6.13. The second-order valence-corrected chi connectivity index (χ2v) is 7.09. The number of carbonyl (C=O) groups excluding carboxylic acids is 2. The molecule has 0 rings (SSSR count). The summed E-state index contributed by atoms with van der Waals surface area (Å²) in [7, 11) is 2.73. The second-order valence-electron chi connectivity index (χ2n) is 7.09. The minimum Gasteiger partial charge on any atom is -0.444 e. The first-order chi connectivity index (χ1) is 14.0. The number of hydrogen-bond acceptors (Lipinski definition) is 7. The van der Waals surface area contributed by atoms with Crippen molar-refractivity contribution < 1.29 is 28.8 Å². The van der Waals surface area contributed by atoms with Crippen LogP contribution in [0.5, 0.6) is 0 Å². The average molecular weight is 430 g/mol. The summed E-state index contributed by atoms with van der Waals surface area (Å²) in [6.45, 7) is 14.4. The van der Waals surface area contributed by atoms with E-state index in [-0.39, 0.29) is 25.6 Å². The standard InChI is InChI=1S/C19H35N5O6/c1-9-12-19(15(25)24(7)27-8,21-17(26)30-18(4,5)6)20-16(22-28-13-10-2)23-29-14-11-3/h10-11H,2-3,9,12-14H2,1,4-8H3,(H,21,26)(H2,20,22,23)/t19-/m0/s1. The van der Waals surface area contributed by atoms with Crippen LogP contribution in [0, 0.1) is 0 Å². The van der Waals surface area contributed by atoms with Crippen molar-refractivity contribution in [3.8, 4) is 0 Å². The highest BCUT2D eigenvalue weighted by atomic mass is 16.7. The second kappa shape index (κ2) is 13.6. The van der Waals surface area contributed by atoms with Crippen LogP contribution in [0.3, 0.4) is 0 Å². The molecular formula is C19H35N5O6. The number of hydroxylamine groups is 4. The van der Waals surface area contributed by atoms with Gasteiger partial charge in [-0.25, -0.2) is 25.8 Å². The van der Waals surface area contributed by atoms with Crippen molar-refractivity contribution in [2.75, 3.05) is 27.4 Å². The zero-order chi connectivity index (χ0) is 23.2. The zero-order valence-electron chi connectivity index (χ0n) is 18.7. The smallest absolute Gasteiger partial charge is 0.409 e. The fourth-order valence-corrected chi connectivity index (χ4v) is 2.13. The summed E-state index contributed by atoms with van der Waals surface area (Å²) in [5.74, 6) is -0.702. The van der Waals surface area contributed by atoms with Crippen LogP contribution in [0.1, 0.15) is 40.5 Å². The van der Waals surface area contributed by atoms with Gasteiger partial charge in [-0.2, -0.15) is 0 Å². The molecule has 0 spiro atoms. The Morgan fingerprint density at radius 2 is 1.63 bits per heavy atom. The fourth-order valence-electron chi connectivity index (χ4n) is 2.13. The number of aliphatic imine (C=N–C) groups is 1. The maximum absolute atomic E-state index is 13.1. The Bertz CT molecular complexity index is 589. The summed E-state index contributed by atoms with van der Waals surface area (Å²) in [6, 6.07) is 0. The van der Waals surface area contributed by atoms with Crippen molar-refractivity contribution in [2.45, 2.75) is 51.8 Å². The number of alkyl carbamates (subject to hydrolysis) is 1. The van der Waals surface area contributed by atoms with Gasteiger partial charge in [-0.1, -0.05) is 25.5 Å². The molecule has 0 fully saturated rings. The first kappa shape index (κ1) is 27.4. The number of amides is 2. The van der Waals surface area contributed by atoms with Gasteiger partial charge in [0.05, 0.1) is 20.3 Å². The summed E-state index contributed by atoms with van der Waals surface area (Å²) in [4.78, 5) is 45.4. The lowest BCUT2D eigenvalue weighted by molar-refractivity contribution is -0.176. The molecule has 0 aliphatic heterocycles. The predicted molar refractivity (Wildman–Crippen MR) is 113 cm³/mol. The van der Waals surface area contributed by atoms with E-state index in [4.69, 9.17) is 19.2 Å². The van der Waals surface area contributed by atoms with Gasteiger partial charge in [0.2, 0.25) is 11.6 Å². The molecule has 0 radical (unpaired) electrons. The molecule has 0 unspecified atom stereocenters. The lowest BCUT2D eigenvalue weighted by Crippen LogP contribution is -2.60. The Morgan fingerprint density at radius 1 is 1.10 bits per heavy atom. The highest BCUT2D eigenvalue weighted by Crippen LogP contribution is 2.20. The molecule has 30 heavy (non-hydrogen) atoms. The number of carbonyl (C=O) groups is 2. The summed E-state index contributed by atoms with van der Waals surface area (Å²) >= 11 is 0. The average Bonchev–Trinajstić information content (AvgIpc) is 2.65. The van der Waals surface area contributed by atoms with Gasteiger partial charge in [-0.15, -0.1) is 13.2 Å². The van der Waals surface area contributed by atoms with Gasteiger partial charge in [0.25, 0.3) is 5.91 Å². The van der Waals surface area contributed by atoms with Crippen LogP contribution in [0.25, 0.3) is 0 Å². The number of rotatable bonds is 12. The molecule has 0 aliphatic rings. The zero-order valence-corrected chi connectivity index (χ0v) is 18.7. The molecule has 0 aromatic rings. The normalized spacial score (nSPS) is 12.7. The van der Waals surface area contributed by atoms with E-state index in [1.807, 2.05) is 6.92 Å². The van der Waals surface area contributed by atoms with Crippen LogP contribution >= 0.6 is 0 Å². The minimum atomic E-state index is -1.77. The molecule has 172 valence electrons. The Hall–Kier alpha value is -2.63. The SMILES string of the molecule is C=CCONC(=N[C@@](CCC)(NC(=O)OC(C)(C)C)C(=O)N(C)OC)NOCC=C. The number of nitrogens with one attached hydrogen (secondary N) is 3. The quantitative estimate of drug-likeness (QED) is 0.141. The molecule has 0 bridgehead atoms. The largest absolute Gasteiger partial charge is 0.444 e. The van der Waals surface area contributed by atoms with E-state index in [0.717, 1.165) is 5.06 Å². The summed E-state index contributed by atoms with van der Waals surface area (Å²) in [5.41, 5.74) is 2.51. The van der Waals surface area contributed by atoms with Crippen molar-refractivity contribution in [1.29, 1.82) is 0 Å². The highest BCUT2D eigenvalue weighted by molar-refractivity contribution is 5.92. The molecule has 0 aromatic carbocycles. The number of likely N-dealkylation sites (N-methyl/N-ethyl adjacent to an activating group) is 1. The molecule has 2 amide bonds. The van der Waals surface area contributed by atoms with Gasteiger partial charge < -0.3 is 4.74 Å². The molecule has 1 atom stereocenters. The van der Waals surface area contributed by atoms with E-state index in [1.54, 1.807) is 20.8 Å². The molecular weight excluding hydrogens is 394 g/mol. The highest BCUT2D eigenvalue weighted by Gasteiger charge is 2.43. The Morgan fingerprint density at radius 3 is 2.03 bits per heavy atom. The van der Waals surface area contributed by atoms with E-state index >= 15 is 0 Å². The van der Waals surface area contributed by atoms with E-state index in [0.29, 0.717) is 6.42 Å². The molecule has 11 nitrogen and oxygen atoms in total. The van der Waals surface area contributed by atoms with Gasteiger partial charge in [0, 0.05) is 13.5 Å². The van der Waals surface area contributed by atoms with Crippen molar-refractivity contribution in [1.82, 2.24) is 21.3 Å². The number of nitrogens with zero attached hydrogens (tertiary/aromatic N) is 2. The van der Waals surface area contributed by atoms with E-state index in [9.17, 15) is 9.59 Å². The van der Waals surface area contributed by atoms with Crippen LogP contribution in [0.15, 0.2) is 30.3 Å². The molecule has 0 saturated carbocycles. The van der Waals surface area contributed by atoms with Crippen LogP contribution < -0.4 is 16.3 Å². The first-order valence-corrected chi connectivity index (χ1v) is 9.45. The molecule has 0 aromatic heterocycles. The topological polar surface area (TPSA) is 123 Å². The van der Waals surface area contributed by atoms with Crippen LogP contribution in [0.4, 0.5) is 4.79 Å². The van der Waals surface area contributed by atoms with Gasteiger partial charge in [-0.05, 0) is 20.8 Å². The maximum atomic E-state index is 13.1. The summed E-state index contributed by atoms with van der Waals surface area (Å²) in [6.07, 6.45) is 2.83. The third-order valence-corrected chi connectivity index (χ3v) is 3.28. The van der Waals surface area contributed by atoms with Gasteiger partial charge in [0.15, 0.2) is 0 Å². The Labute approximate surface area is 178 Å². The van der Waals surface area contributed by atoms with Crippen molar-refractivity contribution >= 4 is 18.0 Å². The Kier molecular flexibility index (Phi) is 12.4. The minimum absolute atomic E-state index is 0.0685. The van der Waals surface area contributed by atoms with Crippen LogP contribution in [0.2, 0.25) is 0 Å². The monoisotopic (exact) mass is 429 g/mol. The fraction of sp³-hybridized carbons (Fsp3) is 0.632. The van der Waals surface area contributed by atoms with E-state index < -0.39 is 23.3 Å². The van der Waals surface area contributed by atoms with Crippen LogP contribution in [-0.4, -0.2) is 61.7 Å². The van der Waals surface area contributed by atoms with Crippen molar-refractivity contribution in [2.24, 2.45) is 4.99 Å². The number of ether oxygens (including phenoxy) is 1. The summed E-state index contributed by atoms with van der Waals surface area (Å²) in [5, 5.41) is 3.52. The molecule has 3 N–H and O–H groups in total. The predicted octanol–water partition coefficient (Wildman–Crippen LogP) is 1.80. The molecule has 0 heterocycles. The summed E-state index contributed by atoms with van der Waals surface area (Å²) < 4.78 is 5.32. The van der Waals surface area contributed by atoms with Gasteiger partial charge in [0.1, 0.15) is 5.60 Å². The van der Waals surface area contributed by atoms with Gasteiger partial charge in [-0.3, -0.25) is 24.6 Å². The lowest BCUT2D eigenvalue weighted by Gasteiger charge is -2.33. The number of guanidine groups is 1. The molecule has 0 saturated heterocycles. The first-order valence-electron chi connectivity index (χ1n) is 9.45. The van der Waals surface area contributed by atoms with E-state index in [2.05, 4.69) is 34.4 Å². The lowest BCUT2D eigenvalue weighted by atomic mass is 10.0. The van der Waals surface area contributed by atoms with E-state index in [1.165, 1.54) is 26.3 Å². The van der Waals surface area contributed by atoms with Crippen molar-refractivity contribution in [3.05, 3.63) is 25.3 Å². The number of hydrogen-bond donors (Lipinski definition) is 3. The van der Waals surface area contributed by atoms with Crippen molar-refractivity contribution in [3.63, 3.8) is 0 Å².